The van der Waals surface area contributed by atoms with Crippen molar-refractivity contribution < 1.29 is 13.6 Å². The number of amides is 1. The monoisotopic (exact) mass is 393 g/mol. The lowest BCUT2D eigenvalue weighted by atomic mass is 10.1. The van der Waals surface area contributed by atoms with Crippen LogP contribution >= 0.6 is 11.3 Å². The van der Waals surface area contributed by atoms with Gasteiger partial charge >= 0.3 is 0 Å². The highest BCUT2D eigenvalue weighted by molar-refractivity contribution is 7.10. The molecular formula is C21H16FN3O2S. The van der Waals surface area contributed by atoms with E-state index in [1.165, 1.54) is 23.5 Å². The topological polar surface area (TPSA) is 68.0 Å². The smallest absolute Gasteiger partial charge is 0.247 e. The quantitative estimate of drug-likeness (QED) is 0.528. The van der Waals surface area contributed by atoms with Crippen LogP contribution in [0.4, 0.5) is 4.39 Å². The molecule has 0 aliphatic rings. The Balaban J connectivity index is 1.62. The minimum Gasteiger partial charge on any atom is -0.418 e. The second-order valence-electron chi connectivity index (χ2n) is 6.12. The van der Waals surface area contributed by atoms with Crippen LogP contribution in [0.2, 0.25) is 0 Å². The normalized spacial score (nSPS) is 11.9. The number of aromatic nitrogens is 2. The van der Waals surface area contributed by atoms with Crippen LogP contribution in [0.5, 0.6) is 0 Å². The summed E-state index contributed by atoms with van der Waals surface area (Å²) in [5.41, 5.74) is 1.44. The Morgan fingerprint density at radius 2 is 1.82 bits per heavy atom. The van der Waals surface area contributed by atoms with E-state index >= 15 is 0 Å². The van der Waals surface area contributed by atoms with Crippen LogP contribution in [-0.4, -0.2) is 16.1 Å². The number of hydrogen-bond donors (Lipinski definition) is 1. The van der Waals surface area contributed by atoms with Gasteiger partial charge in [-0.25, -0.2) is 4.39 Å². The predicted molar refractivity (Wildman–Crippen MR) is 104 cm³/mol. The molecule has 0 radical (unpaired) electrons. The van der Waals surface area contributed by atoms with Gasteiger partial charge in [0.05, 0.1) is 6.42 Å². The van der Waals surface area contributed by atoms with Crippen molar-refractivity contribution in [3.63, 3.8) is 0 Å². The van der Waals surface area contributed by atoms with Gasteiger partial charge in [-0.1, -0.05) is 36.4 Å². The third-order valence-electron chi connectivity index (χ3n) is 4.13. The van der Waals surface area contributed by atoms with Gasteiger partial charge in [0.1, 0.15) is 11.9 Å². The molecule has 4 aromatic rings. The van der Waals surface area contributed by atoms with Crippen molar-refractivity contribution in [2.24, 2.45) is 0 Å². The fraction of sp³-hybridized carbons (Fsp3) is 0.0952. The summed E-state index contributed by atoms with van der Waals surface area (Å²) >= 11 is 1.51. The molecule has 1 amide bonds. The molecule has 2 heterocycles. The average molecular weight is 393 g/mol. The van der Waals surface area contributed by atoms with Gasteiger partial charge in [0.15, 0.2) is 0 Å². The van der Waals surface area contributed by atoms with Crippen molar-refractivity contribution in [1.82, 2.24) is 15.5 Å². The van der Waals surface area contributed by atoms with Gasteiger partial charge in [0.25, 0.3) is 0 Å². The number of hydrogen-bond acceptors (Lipinski definition) is 5. The Bertz CT molecular complexity index is 1050. The second kappa shape index (κ2) is 8.14. The summed E-state index contributed by atoms with van der Waals surface area (Å²) in [5.74, 6) is 0.0550. The third kappa shape index (κ3) is 4.15. The molecule has 140 valence electrons. The largest absolute Gasteiger partial charge is 0.418 e. The first-order valence-electron chi connectivity index (χ1n) is 8.65. The van der Waals surface area contributed by atoms with Crippen molar-refractivity contribution in [1.29, 1.82) is 0 Å². The van der Waals surface area contributed by atoms with Crippen LogP contribution in [0.1, 0.15) is 22.4 Å². The highest BCUT2D eigenvalue weighted by Gasteiger charge is 2.23. The van der Waals surface area contributed by atoms with Crippen LogP contribution in [0.15, 0.2) is 76.5 Å². The van der Waals surface area contributed by atoms with Crippen LogP contribution in [0.25, 0.3) is 11.5 Å². The SMILES string of the molecule is O=C(Cc1cccs1)N[C@@H](c1ccc(F)cc1)c1nnc(-c2ccccc2)o1. The van der Waals surface area contributed by atoms with E-state index in [4.69, 9.17) is 4.42 Å². The molecule has 1 N–H and O–H groups in total. The van der Waals surface area contributed by atoms with Crippen molar-refractivity contribution >= 4 is 17.2 Å². The minimum atomic E-state index is -0.668. The van der Waals surface area contributed by atoms with E-state index < -0.39 is 6.04 Å². The lowest BCUT2D eigenvalue weighted by molar-refractivity contribution is -0.121. The number of carbonyl (C=O) groups excluding carboxylic acids is 1. The number of benzene rings is 2. The van der Waals surface area contributed by atoms with E-state index in [0.29, 0.717) is 11.5 Å². The van der Waals surface area contributed by atoms with Gasteiger partial charge in [0.2, 0.25) is 17.7 Å². The van der Waals surface area contributed by atoms with E-state index in [0.717, 1.165) is 10.4 Å². The first kappa shape index (κ1) is 18.1. The number of nitrogens with one attached hydrogen (secondary N) is 1. The van der Waals surface area contributed by atoms with E-state index in [2.05, 4.69) is 15.5 Å². The number of carbonyl (C=O) groups is 1. The highest BCUT2D eigenvalue weighted by atomic mass is 32.1. The van der Waals surface area contributed by atoms with Crippen LogP contribution in [-0.2, 0) is 11.2 Å². The molecule has 0 spiro atoms. The average Bonchev–Trinajstić information content (AvgIpc) is 3.40. The maximum Gasteiger partial charge on any atom is 0.247 e. The zero-order chi connectivity index (χ0) is 19.3. The Morgan fingerprint density at radius 3 is 2.54 bits per heavy atom. The van der Waals surface area contributed by atoms with Crippen molar-refractivity contribution in [3.8, 4) is 11.5 Å². The Hall–Kier alpha value is -3.32. The van der Waals surface area contributed by atoms with Gasteiger partial charge in [-0.05, 0) is 41.3 Å². The zero-order valence-electron chi connectivity index (χ0n) is 14.7. The molecular weight excluding hydrogens is 377 g/mol. The molecule has 0 unspecified atom stereocenters. The molecule has 2 aromatic carbocycles. The highest BCUT2D eigenvalue weighted by Crippen LogP contribution is 2.25. The van der Waals surface area contributed by atoms with Gasteiger partial charge in [-0.2, -0.15) is 0 Å². The van der Waals surface area contributed by atoms with Gasteiger partial charge in [-0.15, -0.1) is 21.5 Å². The molecule has 0 fully saturated rings. The van der Waals surface area contributed by atoms with Crippen LogP contribution < -0.4 is 5.32 Å². The first-order valence-corrected chi connectivity index (χ1v) is 9.53. The third-order valence-corrected chi connectivity index (χ3v) is 5.01. The Kier molecular flexibility index (Phi) is 5.25. The first-order chi connectivity index (χ1) is 13.7. The molecule has 7 heteroatoms. The summed E-state index contributed by atoms with van der Waals surface area (Å²) in [6, 6.07) is 18.4. The molecule has 0 bridgehead atoms. The Morgan fingerprint density at radius 1 is 1.04 bits per heavy atom. The maximum atomic E-state index is 13.4. The summed E-state index contributed by atoms with van der Waals surface area (Å²) in [7, 11) is 0. The minimum absolute atomic E-state index is 0.184. The molecule has 0 saturated carbocycles. The van der Waals surface area contributed by atoms with E-state index in [-0.39, 0.29) is 24.0 Å². The number of rotatable bonds is 6. The summed E-state index contributed by atoms with van der Waals surface area (Å²) < 4.78 is 19.2. The standard InChI is InChI=1S/C21H16FN3O2S/c22-16-10-8-14(9-11-16)19(23-18(26)13-17-7-4-12-28-17)21-25-24-20(27-21)15-5-2-1-3-6-15/h1-12,19H,13H2,(H,23,26)/t19-/m0/s1. The van der Waals surface area contributed by atoms with E-state index in [1.54, 1.807) is 12.1 Å². The van der Waals surface area contributed by atoms with Gasteiger partial charge < -0.3 is 9.73 Å². The molecule has 5 nitrogen and oxygen atoms in total. The van der Waals surface area contributed by atoms with Crippen LogP contribution in [0.3, 0.4) is 0 Å². The molecule has 0 aliphatic heterocycles. The van der Waals surface area contributed by atoms with Gasteiger partial charge in [0, 0.05) is 10.4 Å². The fourth-order valence-corrected chi connectivity index (χ4v) is 3.48. The van der Waals surface area contributed by atoms with E-state index in [1.807, 2.05) is 47.8 Å². The maximum absolute atomic E-state index is 13.4. The van der Waals surface area contributed by atoms with Crippen LogP contribution in [0, 0.1) is 5.82 Å². The predicted octanol–water partition coefficient (Wildman–Crippen LogP) is 4.39. The lowest BCUT2D eigenvalue weighted by Crippen LogP contribution is -2.30. The van der Waals surface area contributed by atoms with E-state index in [9.17, 15) is 9.18 Å². The number of thiophene rings is 1. The van der Waals surface area contributed by atoms with Gasteiger partial charge in [-0.3, -0.25) is 4.79 Å². The number of nitrogens with zero attached hydrogens (tertiary/aromatic N) is 2. The molecule has 4 rings (SSSR count). The molecule has 28 heavy (non-hydrogen) atoms. The number of halogens is 1. The lowest BCUT2D eigenvalue weighted by Gasteiger charge is -2.15. The molecule has 2 aromatic heterocycles. The summed E-state index contributed by atoms with van der Waals surface area (Å²) in [4.78, 5) is 13.5. The van der Waals surface area contributed by atoms with Crippen molar-refractivity contribution in [2.45, 2.75) is 12.5 Å². The molecule has 1 atom stereocenters. The summed E-state index contributed by atoms with van der Waals surface area (Å²) in [5, 5.41) is 13.1. The second-order valence-corrected chi connectivity index (χ2v) is 7.15. The van der Waals surface area contributed by atoms with Crippen molar-refractivity contribution in [2.75, 3.05) is 0 Å². The molecule has 0 saturated heterocycles. The molecule has 0 aliphatic carbocycles. The zero-order valence-corrected chi connectivity index (χ0v) is 15.5. The Labute approximate surface area is 164 Å². The summed E-state index contributed by atoms with van der Waals surface area (Å²) in [6.45, 7) is 0. The summed E-state index contributed by atoms with van der Waals surface area (Å²) in [6.07, 6.45) is 0.245. The fourth-order valence-electron chi connectivity index (χ4n) is 2.77. The van der Waals surface area contributed by atoms with Crippen molar-refractivity contribution in [3.05, 3.63) is 94.3 Å².